The largest absolute Gasteiger partial charge is 0.378 e. The van der Waals surface area contributed by atoms with Crippen LogP contribution in [0.4, 0.5) is 0 Å². The van der Waals surface area contributed by atoms with Crippen molar-refractivity contribution in [3.05, 3.63) is 0 Å². The van der Waals surface area contributed by atoms with Crippen LogP contribution in [0.2, 0.25) is 0 Å². The molecule has 0 heterocycles. The summed E-state index contributed by atoms with van der Waals surface area (Å²) in [5, 5.41) is 6.97. The average Bonchev–Trinajstić information content (AvgIpc) is 2.59. The van der Waals surface area contributed by atoms with Gasteiger partial charge in [0.1, 0.15) is 0 Å². The molecule has 2 aliphatic rings. The quantitative estimate of drug-likeness (QED) is 0.334. The smallest absolute Gasteiger partial charge is 0.191 e. The number of rotatable bonds is 6. The zero-order chi connectivity index (χ0) is 18.5. The lowest BCUT2D eigenvalue weighted by atomic mass is 9.55. The van der Waals surface area contributed by atoms with Crippen LogP contribution in [-0.2, 0) is 15.5 Å². The lowest BCUT2D eigenvalue weighted by molar-refractivity contribution is -0.145. The van der Waals surface area contributed by atoms with E-state index in [1.54, 1.807) is 0 Å². The van der Waals surface area contributed by atoms with Crippen LogP contribution >= 0.6 is 24.0 Å². The zero-order valence-corrected chi connectivity index (χ0v) is 20.2. The first-order chi connectivity index (χ1) is 11.8. The Bertz CT molecular complexity index is 488. The highest BCUT2D eigenvalue weighted by Gasteiger charge is 2.55. The number of hydrogen-bond donors (Lipinski definition) is 2. The molecule has 0 aromatic heterocycles. The number of guanidine groups is 1. The Morgan fingerprint density at radius 2 is 1.92 bits per heavy atom. The first kappa shape index (κ1) is 24.1. The van der Waals surface area contributed by atoms with E-state index >= 15 is 0 Å². The molecule has 0 saturated heterocycles. The Morgan fingerprint density at radius 1 is 1.27 bits per heavy atom. The van der Waals surface area contributed by atoms with Crippen LogP contribution in [0.15, 0.2) is 4.99 Å². The van der Waals surface area contributed by atoms with Gasteiger partial charge < -0.3 is 15.4 Å². The minimum Gasteiger partial charge on any atom is -0.378 e. The van der Waals surface area contributed by atoms with Crippen LogP contribution in [0.5, 0.6) is 0 Å². The summed E-state index contributed by atoms with van der Waals surface area (Å²) >= 11 is 0. The molecule has 2 saturated carbocycles. The van der Waals surface area contributed by atoms with Crippen LogP contribution in [0.25, 0.3) is 0 Å². The summed E-state index contributed by atoms with van der Waals surface area (Å²) in [6, 6.07) is 0.434. The molecule has 0 aromatic carbocycles. The molecule has 5 nitrogen and oxygen atoms in total. The monoisotopic (exact) mass is 499 g/mol. The molecule has 2 N–H and O–H groups in total. The maximum absolute atomic E-state index is 12.2. The maximum atomic E-state index is 12.2. The second kappa shape index (κ2) is 10.6. The van der Waals surface area contributed by atoms with Crippen molar-refractivity contribution >= 4 is 40.7 Å². The third kappa shape index (κ3) is 5.80. The van der Waals surface area contributed by atoms with E-state index < -0.39 is 10.8 Å². The number of hydrogen-bond acceptors (Lipinski definition) is 3. The van der Waals surface area contributed by atoms with Gasteiger partial charge in [-0.25, -0.2) is 0 Å². The first-order valence-electron chi connectivity index (χ1n) is 9.80. The average molecular weight is 500 g/mol. The van der Waals surface area contributed by atoms with Gasteiger partial charge in [0.15, 0.2) is 5.96 Å². The van der Waals surface area contributed by atoms with E-state index in [9.17, 15) is 4.21 Å². The molecule has 3 atom stereocenters. The summed E-state index contributed by atoms with van der Waals surface area (Å²) in [5.41, 5.74) is 0.278. The number of nitrogens with one attached hydrogen (secondary N) is 2. The topological polar surface area (TPSA) is 62.7 Å². The molecule has 154 valence electrons. The molecule has 0 radical (unpaired) electrons. The summed E-state index contributed by atoms with van der Waals surface area (Å²) in [6.45, 7) is 9.62. The van der Waals surface area contributed by atoms with E-state index in [1.807, 2.05) is 27.8 Å². The van der Waals surface area contributed by atoms with E-state index in [4.69, 9.17) is 4.74 Å². The van der Waals surface area contributed by atoms with Gasteiger partial charge in [0.25, 0.3) is 0 Å². The molecule has 2 rings (SSSR count). The summed E-state index contributed by atoms with van der Waals surface area (Å²) in [6.07, 6.45) is 7.90. The SMILES string of the molecule is CCOC1CC(NC(=NC)NCCS(=O)C(C)(C)C)C12CCCCC2.I. The number of nitrogens with zero attached hydrogens (tertiary/aromatic N) is 1. The van der Waals surface area contributed by atoms with Gasteiger partial charge in [0.2, 0.25) is 0 Å². The normalized spacial score (nSPS) is 26.6. The molecule has 0 bridgehead atoms. The predicted octanol–water partition coefficient (Wildman–Crippen LogP) is 3.44. The van der Waals surface area contributed by atoms with E-state index in [0.29, 0.717) is 24.4 Å². The number of ether oxygens (including phenoxy) is 1. The molecule has 0 aliphatic heterocycles. The van der Waals surface area contributed by atoms with Crippen LogP contribution in [0.3, 0.4) is 0 Å². The van der Waals surface area contributed by atoms with Crippen molar-refractivity contribution in [1.29, 1.82) is 0 Å². The lowest BCUT2D eigenvalue weighted by Crippen LogP contribution is -2.66. The highest BCUT2D eigenvalue weighted by Crippen LogP contribution is 2.53. The standard InChI is InChI=1S/C19H37N3O2S.HI/c1-6-24-16-14-15(19(16)10-8-7-9-11-19)22-17(20-5)21-12-13-25(23)18(2,3)4;/h15-16H,6-14H2,1-5H3,(H2,20,21,22);1H. The fourth-order valence-corrected chi connectivity index (χ4v) is 5.09. The Hall–Kier alpha value is 0.110. The Morgan fingerprint density at radius 3 is 2.46 bits per heavy atom. The van der Waals surface area contributed by atoms with Gasteiger partial charge in [-0.2, -0.15) is 0 Å². The van der Waals surface area contributed by atoms with Crippen molar-refractivity contribution in [3.8, 4) is 0 Å². The van der Waals surface area contributed by atoms with E-state index in [-0.39, 0.29) is 34.1 Å². The zero-order valence-electron chi connectivity index (χ0n) is 17.1. The fourth-order valence-electron chi connectivity index (χ4n) is 4.19. The van der Waals surface area contributed by atoms with Crippen LogP contribution in [0.1, 0.15) is 66.2 Å². The van der Waals surface area contributed by atoms with E-state index in [1.165, 1.54) is 32.1 Å². The minimum absolute atomic E-state index is 0. The van der Waals surface area contributed by atoms with Crippen molar-refractivity contribution in [2.24, 2.45) is 10.4 Å². The van der Waals surface area contributed by atoms with Gasteiger partial charge in [-0.15, -0.1) is 24.0 Å². The fraction of sp³-hybridized carbons (Fsp3) is 0.947. The van der Waals surface area contributed by atoms with Gasteiger partial charge >= 0.3 is 0 Å². The highest BCUT2D eigenvalue weighted by molar-refractivity contribution is 14.0. The molecule has 2 aliphatic carbocycles. The molecule has 1 spiro atoms. The van der Waals surface area contributed by atoms with Crippen LogP contribution in [0, 0.1) is 5.41 Å². The number of halogens is 1. The lowest BCUT2D eigenvalue weighted by Gasteiger charge is -2.57. The molecular formula is C19H38IN3O2S. The van der Waals surface area contributed by atoms with Gasteiger partial charge in [-0.1, -0.05) is 19.3 Å². The first-order valence-corrected chi connectivity index (χ1v) is 11.1. The van der Waals surface area contributed by atoms with Crippen LogP contribution < -0.4 is 10.6 Å². The van der Waals surface area contributed by atoms with Gasteiger partial charge in [-0.05, 0) is 47.0 Å². The Kier molecular flexibility index (Phi) is 9.84. The molecule has 7 heteroatoms. The third-order valence-electron chi connectivity index (χ3n) is 5.73. The van der Waals surface area contributed by atoms with Gasteiger partial charge in [-0.3, -0.25) is 9.20 Å². The van der Waals surface area contributed by atoms with Crippen LogP contribution in [-0.4, -0.2) is 53.0 Å². The molecular weight excluding hydrogens is 461 g/mol. The van der Waals surface area contributed by atoms with Crippen molar-refractivity contribution in [2.75, 3.05) is 26.0 Å². The second-order valence-electron chi connectivity index (χ2n) is 8.33. The Labute approximate surface area is 179 Å². The van der Waals surface area contributed by atoms with Gasteiger partial charge in [0, 0.05) is 53.0 Å². The van der Waals surface area contributed by atoms with Gasteiger partial charge in [0.05, 0.1) is 6.10 Å². The second-order valence-corrected chi connectivity index (χ2v) is 10.7. The van der Waals surface area contributed by atoms with E-state index in [2.05, 4.69) is 22.5 Å². The Balaban J connectivity index is 0.00000338. The van der Waals surface area contributed by atoms with E-state index in [0.717, 1.165) is 19.0 Å². The maximum Gasteiger partial charge on any atom is 0.191 e. The summed E-state index contributed by atoms with van der Waals surface area (Å²) in [4.78, 5) is 4.37. The molecule has 3 unspecified atom stereocenters. The van der Waals surface area contributed by atoms with Crippen molar-refractivity contribution in [1.82, 2.24) is 10.6 Å². The molecule has 26 heavy (non-hydrogen) atoms. The van der Waals surface area contributed by atoms with Crippen molar-refractivity contribution in [2.45, 2.75) is 83.1 Å². The molecule has 2 fully saturated rings. The minimum atomic E-state index is -0.841. The summed E-state index contributed by atoms with van der Waals surface area (Å²) in [5.74, 6) is 1.47. The van der Waals surface area contributed by atoms with Crippen molar-refractivity contribution < 1.29 is 8.95 Å². The van der Waals surface area contributed by atoms with Crippen molar-refractivity contribution in [3.63, 3.8) is 0 Å². The molecule has 0 amide bonds. The number of aliphatic imine (C=N–C) groups is 1. The summed E-state index contributed by atoms with van der Waals surface area (Å²) < 4.78 is 18.0. The molecule has 0 aromatic rings. The highest BCUT2D eigenvalue weighted by atomic mass is 127. The predicted molar refractivity (Wildman–Crippen MR) is 122 cm³/mol. The third-order valence-corrected chi connectivity index (χ3v) is 7.68. The summed E-state index contributed by atoms with van der Waals surface area (Å²) in [7, 11) is 0.967.